The summed E-state index contributed by atoms with van der Waals surface area (Å²) in [7, 11) is -3.20. The van der Waals surface area contributed by atoms with E-state index in [1.54, 1.807) is 0 Å². The van der Waals surface area contributed by atoms with Crippen LogP contribution in [0.4, 0.5) is 0 Å². The summed E-state index contributed by atoms with van der Waals surface area (Å²) in [5.74, 6) is 0.937. The number of aryl methyl sites for hydroxylation is 1. The summed E-state index contributed by atoms with van der Waals surface area (Å²) < 4.78 is 4.77. The van der Waals surface area contributed by atoms with Crippen LogP contribution in [0.15, 0.2) is 279 Å². The Morgan fingerprint density at radius 2 is 0.853 bits per heavy atom. The van der Waals surface area contributed by atoms with Crippen LogP contribution in [0.25, 0.3) is 99.4 Å². The van der Waals surface area contributed by atoms with Crippen molar-refractivity contribution in [2.75, 3.05) is 0 Å². The van der Waals surface area contributed by atoms with E-state index in [1.807, 2.05) is 0 Å². The Morgan fingerprint density at radius 1 is 0.333 bits per heavy atom. The highest BCUT2D eigenvalue weighted by Gasteiger charge is 2.44. The molecule has 0 aliphatic carbocycles. The molecule has 0 aliphatic heterocycles. The summed E-state index contributed by atoms with van der Waals surface area (Å²) in [6, 6.07) is 104. The molecule has 0 radical (unpaired) electrons. The minimum absolute atomic E-state index is 0.937. The van der Waals surface area contributed by atoms with Crippen molar-refractivity contribution >= 4 is 83.2 Å². The first kappa shape index (κ1) is 44.4. The van der Waals surface area contributed by atoms with Crippen molar-refractivity contribution in [3.63, 3.8) is 0 Å². The number of fused-ring (bicyclic) bond motifs is 6. The Bertz CT molecular complexity index is 4350. The highest BCUT2D eigenvalue weighted by atomic mass is 28.3. The van der Waals surface area contributed by atoms with E-state index in [2.05, 4.69) is 295 Å². The number of imidazole rings is 1. The Morgan fingerprint density at radius 3 is 1.52 bits per heavy atom. The SMILES string of the molecule is CCc1ccc2nc(-c3ccccc3)n(-c3cccc(-c4cccc(-c5c6ccccc6c([Si](c6ccccc6)(c6ccccc6)c6ccc7c(c6)c6ccccc6n7-c6ccccc6)c6ccccc56)c4)c3)c2c1. The predicted molar refractivity (Wildman–Crippen MR) is 320 cm³/mol. The molecule has 0 saturated heterocycles. The number of benzene rings is 12. The highest BCUT2D eigenvalue weighted by molar-refractivity contribution is 7.21. The van der Waals surface area contributed by atoms with Crippen molar-refractivity contribution in [3.8, 4) is 45.0 Å². The maximum absolute atomic E-state index is 5.23. The van der Waals surface area contributed by atoms with E-state index in [0.29, 0.717) is 0 Å². The summed E-state index contributed by atoms with van der Waals surface area (Å²) in [4.78, 5) is 5.23. The van der Waals surface area contributed by atoms with Crippen LogP contribution < -0.4 is 20.7 Å². The molecule has 0 aliphatic rings. The molecule has 0 spiro atoms. The first-order valence-corrected chi connectivity index (χ1v) is 28.1. The molecular formula is C71H51N3Si. The molecule has 0 bridgehead atoms. The van der Waals surface area contributed by atoms with Gasteiger partial charge in [0.2, 0.25) is 0 Å². The van der Waals surface area contributed by atoms with Gasteiger partial charge < -0.3 is 4.57 Å². The Labute approximate surface area is 437 Å². The van der Waals surface area contributed by atoms with Crippen molar-refractivity contribution < 1.29 is 0 Å². The Balaban J connectivity index is 1.01. The first-order chi connectivity index (χ1) is 37.2. The lowest BCUT2D eigenvalue weighted by Crippen LogP contribution is -2.75. The monoisotopic (exact) mass is 973 g/mol. The van der Waals surface area contributed by atoms with Crippen LogP contribution in [-0.2, 0) is 6.42 Å². The maximum atomic E-state index is 5.23. The smallest absolute Gasteiger partial charge is 0.180 e. The van der Waals surface area contributed by atoms with E-state index < -0.39 is 8.07 Å². The third-order valence-corrected chi connectivity index (χ3v) is 20.5. The molecule has 0 N–H and O–H groups in total. The molecule has 14 aromatic rings. The summed E-state index contributed by atoms with van der Waals surface area (Å²) in [6.07, 6.45) is 0.956. The van der Waals surface area contributed by atoms with Crippen molar-refractivity contribution in [3.05, 3.63) is 285 Å². The van der Waals surface area contributed by atoms with E-state index in [-0.39, 0.29) is 0 Å². The zero-order valence-electron chi connectivity index (χ0n) is 41.6. The second kappa shape index (κ2) is 18.3. The normalized spacial score (nSPS) is 11.9. The largest absolute Gasteiger partial charge is 0.309 e. The van der Waals surface area contributed by atoms with E-state index in [0.717, 1.165) is 51.3 Å². The number of hydrogen-bond acceptors (Lipinski definition) is 1. The van der Waals surface area contributed by atoms with Crippen molar-refractivity contribution in [2.45, 2.75) is 13.3 Å². The van der Waals surface area contributed by atoms with E-state index in [1.165, 1.54) is 80.8 Å². The lowest BCUT2D eigenvalue weighted by Gasteiger charge is -2.37. The van der Waals surface area contributed by atoms with Gasteiger partial charge in [0.1, 0.15) is 5.82 Å². The number of nitrogens with zero attached hydrogens (tertiary/aromatic N) is 3. The zero-order valence-corrected chi connectivity index (χ0v) is 42.6. The summed E-state index contributed by atoms with van der Waals surface area (Å²) in [5.41, 5.74) is 13.9. The van der Waals surface area contributed by atoms with Gasteiger partial charge in [0.25, 0.3) is 0 Å². The number of rotatable bonds is 10. The van der Waals surface area contributed by atoms with Crippen LogP contribution >= 0.6 is 0 Å². The van der Waals surface area contributed by atoms with Gasteiger partial charge in [-0.25, -0.2) is 4.98 Å². The van der Waals surface area contributed by atoms with Gasteiger partial charge in [0, 0.05) is 27.7 Å². The maximum Gasteiger partial charge on any atom is 0.180 e. The summed E-state index contributed by atoms with van der Waals surface area (Å²) in [6.45, 7) is 2.21. The van der Waals surface area contributed by atoms with E-state index in [4.69, 9.17) is 4.98 Å². The fourth-order valence-corrected chi connectivity index (χ4v) is 17.5. The molecule has 2 heterocycles. The van der Waals surface area contributed by atoms with Gasteiger partial charge in [-0.3, -0.25) is 4.57 Å². The van der Waals surface area contributed by atoms with Gasteiger partial charge in [-0.05, 0) is 131 Å². The molecular weight excluding hydrogens is 923 g/mol. The van der Waals surface area contributed by atoms with Crippen molar-refractivity contribution in [2.24, 2.45) is 0 Å². The van der Waals surface area contributed by atoms with Gasteiger partial charge in [0.15, 0.2) is 8.07 Å². The average Bonchev–Trinajstić information content (AvgIpc) is 4.04. The zero-order chi connectivity index (χ0) is 49.9. The Hall–Kier alpha value is -9.35. The van der Waals surface area contributed by atoms with Crippen molar-refractivity contribution in [1.29, 1.82) is 0 Å². The van der Waals surface area contributed by atoms with E-state index in [9.17, 15) is 0 Å². The number of hydrogen-bond donors (Lipinski definition) is 0. The summed E-state index contributed by atoms with van der Waals surface area (Å²) in [5, 5.41) is 13.0. The molecule has 14 rings (SSSR count). The molecule has 2 aromatic heterocycles. The van der Waals surface area contributed by atoms with Gasteiger partial charge in [-0.1, -0.05) is 231 Å². The first-order valence-electron chi connectivity index (χ1n) is 26.1. The average molecular weight is 974 g/mol. The van der Waals surface area contributed by atoms with Gasteiger partial charge in [0.05, 0.1) is 22.1 Å². The summed E-state index contributed by atoms with van der Waals surface area (Å²) >= 11 is 0. The quantitative estimate of drug-likeness (QED) is 0.0761. The fourth-order valence-electron chi connectivity index (χ4n) is 12.3. The standard InChI is InChI=1S/C71H51N3Si/c1-2-49-41-43-65-68(45-49)74(71(72-65)50-23-7-3-8-24-50)55-30-22-26-52(47-55)51-25-21-27-53(46-51)69-60-36-15-17-38-62(60)70(63-39-18-16-37-61(63)69)75(56-31-11-5-12-32-56,57-33-13-6-14-34-57)58-42-44-67-64(48-58)59-35-19-20-40-66(59)73(67)54-28-9-4-10-29-54/h3-48H,2H2,1H3. The Kier molecular flexibility index (Phi) is 10.8. The number of aromatic nitrogens is 3. The van der Waals surface area contributed by atoms with Crippen LogP contribution in [0, 0.1) is 0 Å². The highest BCUT2D eigenvalue weighted by Crippen LogP contribution is 2.40. The molecule has 12 aromatic carbocycles. The van der Waals surface area contributed by atoms with Gasteiger partial charge in [-0.15, -0.1) is 0 Å². The molecule has 354 valence electrons. The lowest BCUT2D eigenvalue weighted by atomic mass is 9.90. The van der Waals surface area contributed by atoms with Crippen molar-refractivity contribution in [1.82, 2.24) is 14.1 Å². The molecule has 0 amide bonds. The van der Waals surface area contributed by atoms with Crippen LogP contribution in [-0.4, -0.2) is 22.2 Å². The molecule has 0 saturated carbocycles. The molecule has 0 unspecified atom stereocenters. The van der Waals surface area contributed by atoms with Crippen LogP contribution in [0.2, 0.25) is 0 Å². The molecule has 0 atom stereocenters. The third kappa shape index (κ3) is 7.21. The second-order valence-electron chi connectivity index (χ2n) is 19.7. The lowest BCUT2D eigenvalue weighted by molar-refractivity contribution is 1.09. The second-order valence-corrected chi connectivity index (χ2v) is 23.4. The van der Waals surface area contributed by atoms with Crippen LogP contribution in [0.3, 0.4) is 0 Å². The van der Waals surface area contributed by atoms with Crippen LogP contribution in [0.5, 0.6) is 0 Å². The van der Waals surface area contributed by atoms with Crippen LogP contribution in [0.1, 0.15) is 12.5 Å². The van der Waals surface area contributed by atoms with E-state index >= 15 is 0 Å². The molecule has 4 heteroatoms. The predicted octanol–water partition coefficient (Wildman–Crippen LogP) is 15.4. The fraction of sp³-hybridized carbons (Fsp3) is 0.0282. The van der Waals surface area contributed by atoms with Gasteiger partial charge >= 0.3 is 0 Å². The molecule has 0 fully saturated rings. The minimum Gasteiger partial charge on any atom is -0.309 e. The number of para-hydroxylation sites is 2. The molecule has 75 heavy (non-hydrogen) atoms. The molecule has 3 nitrogen and oxygen atoms in total. The minimum atomic E-state index is -3.20. The topological polar surface area (TPSA) is 22.8 Å². The van der Waals surface area contributed by atoms with Gasteiger partial charge in [-0.2, -0.15) is 0 Å². The third-order valence-electron chi connectivity index (χ3n) is 15.6.